The van der Waals surface area contributed by atoms with Gasteiger partial charge in [0.1, 0.15) is 0 Å². The van der Waals surface area contributed by atoms with E-state index in [2.05, 4.69) is 0 Å². The predicted molar refractivity (Wildman–Crippen MR) is 57.8 cm³/mol. The minimum Gasteiger partial charge on any atom is -0.374 e. The van der Waals surface area contributed by atoms with Crippen molar-refractivity contribution in [1.29, 1.82) is 0 Å². The molecule has 1 saturated heterocycles. The number of hydrogen-bond acceptors (Lipinski definition) is 2. The van der Waals surface area contributed by atoms with Gasteiger partial charge in [0.05, 0.1) is 18.8 Å². The first-order valence-corrected chi connectivity index (χ1v) is 5.79. The van der Waals surface area contributed by atoms with Crippen molar-refractivity contribution >= 4 is 6.03 Å². The molecule has 2 amide bonds. The molecule has 86 valence electrons. The summed E-state index contributed by atoms with van der Waals surface area (Å²) in [6.07, 6.45) is 4.97. The van der Waals surface area contributed by atoms with E-state index in [1.165, 1.54) is 12.8 Å². The maximum absolute atomic E-state index is 11.9. The fraction of sp³-hybridized carbons (Fsp3) is 0.909. The van der Waals surface area contributed by atoms with Gasteiger partial charge in [-0.2, -0.15) is 0 Å². The van der Waals surface area contributed by atoms with E-state index >= 15 is 0 Å². The number of urea groups is 1. The fourth-order valence-corrected chi connectivity index (χ4v) is 2.59. The van der Waals surface area contributed by atoms with Crippen molar-refractivity contribution in [3.63, 3.8) is 0 Å². The van der Waals surface area contributed by atoms with Crippen molar-refractivity contribution < 1.29 is 9.53 Å². The highest BCUT2D eigenvalue weighted by Crippen LogP contribution is 2.28. The van der Waals surface area contributed by atoms with Crippen LogP contribution in [0.15, 0.2) is 0 Å². The van der Waals surface area contributed by atoms with Gasteiger partial charge in [0.2, 0.25) is 0 Å². The Bertz CT molecular complexity index is 241. The first kappa shape index (κ1) is 10.7. The van der Waals surface area contributed by atoms with Crippen molar-refractivity contribution in [3.05, 3.63) is 0 Å². The second-order valence-electron chi connectivity index (χ2n) is 4.63. The zero-order chi connectivity index (χ0) is 10.8. The molecule has 0 bridgehead atoms. The molecule has 4 nitrogen and oxygen atoms in total. The van der Waals surface area contributed by atoms with Crippen molar-refractivity contribution in [3.8, 4) is 0 Å². The van der Waals surface area contributed by atoms with Gasteiger partial charge >= 0.3 is 6.03 Å². The molecule has 0 spiro atoms. The van der Waals surface area contributed by atoms with Gasteiger partial charge in [-0.1, -0.05) is 12.8 Å². The maximum atomic E-state index is 11.9. The molecule has 2 aliphatic rings. The van der Waals surface area contributed by atoms with Gasteiger partial charge in [-0.3, -0.25) is 0 Å². The third-order valence-corrected chi connectivity index (χ3v) is 3.36. The zero-order valence-electron chi connectivity index (χ0n) is 9.61. The molecule has 2 unspecified atom stereocenters. The first-order chi connectivity index (χ1) is 7.20. The quantitative estimate of drug-likeness (QED) is 0.606. The van der Waals surface area contributed by atoms with Crippen molar-refractivity contribution in [1.82, 2.24) is 9.80 Å². The van der Waals surface area contributed by atoms with Gasteiger partial charge in [0, 0.05) is 20.6 Å². The number of hydrogen-bond donors (Lipinski definition) is 0. The number of carbonyl (C=O) groups is 1. The van der Waals surface area contributed by atoms with Crippen LogP contribution in [-0.2, 0) is 4.74 Å². The van der Waals surface area contributed by atoms with E-state index in [9.17, 15) is 4.79 Å². The Morgan fingerprint density at radius 1 is 1.33 bits per heavy atom. The van der Waals surface area contributed by atoms with Crippen molar-refractivity contribution in [2.24, 2.45) is 0 Å². The highest BCUT2D eigenvalue weighted by molar-refractivity contribution is 5.74. The van der Waals surface area contributed by atoms with E-state index in [0.717, 1.165) is 19.4 Å². The van der Waals surface area contributed by atoms with Crippen LogP contribution in [-0.4, -0.2) is 55.2 Å². The van der Waals surface area contributed by atoms with Crippen LogP contribution >= 0.6 is 0 Å². The Morgan fingerprint density at radius 3 is 2.80 bits per heavy atom. The molecule has 0 aromatic carbocycles. The van der Waals surface area contributed by atoms with E-state index in [4.69, 9.17) is 4.74 Å². The molecule has 0 N–H and O–H groups in total. The van der Waals surface area contributed by atoms with E-state index in [0.29, 0.717) is 12.6 Å². The molecule has 1 aliphatic heterocycles. The summed E-state index contributed by atoms with van der Waals surface area (Å²) in [6.45, 7) is 1.44. The molecule has 0 radical (unpaired) electrons. The smallest absolute Gasteiger partial charge is 0.319 e. The zero-order valence-corrected chi connectivity index (χ0v) is 9.61. The van der Waals surface area contributed by atoms with E-state index in [1.54, 1.807) is 4.90 Å². The first-order valence-electron chi connectivity index (χ1n) is 5.79. The summed E-state index contributed by atoms with van der Waals surface area (Å²) >= 11 is 0. The molecule has 0 aromatic rings. The summed E-state index contributed by atoms with van der Waals surface area (Å²) < 4.78 is 5.73. The lowest BCUT2D eigenvalue weighted by Crippen LogP contribution is -2.57. The number of rotatable bonds is 0. The standard InChI is InChI=1S/C11H20N2O2/c1-12(2)11(14)13-7-8-15-10-6-4-3-5-9(10)13/h9-10H,3-8H2,1-2H3. The predicted octanol–water partition coefficient (Wildman–Crippen LogP) is 1.31. The molecule has 1 heterocycles. The van der Waals surface area contributed by atoms with Gasteiger partial charge in [-0.05, 0) is 12.8 Å². The molecule has 2 fully saturated rings. The number of nitrogens with zero attached hydrogens (tertiary/aromatic N) is 2. The number of amides is 2. The topological polar surface area (TPSA) is 32.8 Å². The molecular formula is C11H20N2O2. The van der Waals surface area contributed by atoms with Gasteiger partial charge in [-0.25, -0.2) is 4.79 Å². The highest BCUT2D eigenvalue weighted by Gasteiger charge is 2.37. The van der Waals surface area contributed by atoms with E-state index < -0.39 is 0 Å². The number of fused-ring (bicyclic) bond motifs is 1. The Labute approximate surface area is 91.2 Å². The Kier molecular flexibility index (Phi) is 3.14. The monoisotopic (exact) mass is 212 g/mol. The average Bonchev–Trinajstić information content (AvgIpc) is 2.27. The van der Waals surface area contributed by atoms with E-state index in [-0.39, 0.29) is 12.1 Å². The van der Waals surface area contributed by atoms with Gasteiger partial charge in [-0.15, -0.1) is 0 Å². The minimum absolute atomic E-state index is 0.134. The summed E-state index contributed by atoms with van der Waals surface area (Å²) in [5.74, 6) is 0. The third kappa shape index (κ3) is 2.09. The lowest BCUT2D eigenvalue weighted by molar-refractivity contribution is -0.0741. The molecule has 1 saturated carbocycles. The van der Waals surface area contributed by atoms with Crippen LogP contribution in [0, 0.1) is 0 Å². The maximum Gasteiger partial charge on any atom is 0.319 e. The Hall–Kier alpha value is -0.770. The molecular weight excluding hydrogens is 192 g/mol. The van der Waals surface area contributed by atoms with Crippen LogP contribution in [0.3, 0.4) is 0 Å². The SMILES string of the molecule is CN(C)C(=O)N1CCOC2CCCCC21. The normalized spacial score (nSPS) is 30.9. The Balaban J connectivity index is 2.06. The average molecular weight is 212 g/mol. The number of ether oxygens (including phenoxy) is 1. The lowest BCUT2D eigenvalue weighted by atomic mass is 9.90. The molecule has 2 rings (SSSR count). The van der Waals surface area contributed by atoms with Crippen molar-refractivity contribution in [2.45, 2.75) is 37.8 Å². The molecule has 0 aromatic heterocycles. The summed E-state index contributed by atoms with van der Waals surface area (Å²) in [6, 6.07) is 0.456. The molecule has 4 heteroatoms. The van der Waals surface area contributed by atoms with Crippen LogP contribution in [0.2, 0.25) is 0 Å². The minimum atomic E-state index is 0.134. The van der Waals surface area contributed by atoms with Gasteiger partial charge < -0.3 is 14.5 Å². The van der Waals surface area contributed by atoms with Crippen LogP contribution in [0.5, 0.6) is 0 Å². The second-order valence-corrected chi connectivity index (χ2v) is 4.63. The van der Waals surface area contributed by atoms with Crippen LogP contribution in [0.25, 0.3) is 0 Å². The Morgan fingerprint density at radius 2 is 2.07 bits per heavy atom. The third-order valence-electron chi connectivity index (χ3n) is 3.36. The van der Waals surface area contributed by atoms with Crippen LogP contribution in [0.4, 0.5) is 4.79 Å². The van der Waals surface area contributed by atoms with E-state index in [1.807, 2.05) is 19.0 Å². The summed E-state index contributed by atoms with van der Waals surface area (Å²) in [4.78, 5) is 15.6. The molecule has 1 aliphatic carbocycles. The molecule has 15 heavy (non-hydrogen) atoms. The summed E-state index contributed by atoms with van der Waals surface area (Å²) in [5, 5.41) is 0. The highest BCUT2D eigenvalue weighted by atomic mass is 16.5. The van der Waals surface area contributed by atoms with Crippen LogP contribution in [0.1, 0.15) is 25.7 Å². The van der Waals surface area contributed by atoms with Crippen molar-refractivity contribution in [2.75, 3.05) is 27.2 Å². The molecule has 2 atom stereocenters. The van der Waals surface area contributed by atoms with Crippen LogP contribution < -0.4 is 0 Å². The summed E-state index contributed by atoms with van der Waals surface area (Å²) in [7, 11) is 3.63. The second kappa shape index (κ2) is 4.39. The van der Waals surface area contributed by atoms with Gasteiger partial charge in [0.15, 0.2) is 0 Å². The summed E-state index contributed by atoms with van der Waals surface area (Å²) in [5.41, 5.74) is 0. The lowest BCUT2D eigenvalue weighted by Gasteiger charge is -2.44. The fourth-order valence-electron chi connectivity index (χ4n) is 2.59. The number of morpholine rings is 1. The van der Waals surface area contributed by atoms with Gasteiger partial charge in [0.25, 0.3) is 0 Å². The largest absolute Gasteiger partial charge is 0.374 e. The number of carbonyl (C=O) groups excluding carboxylic acids is 1.